The molecule has 0 radical (unpaired) electrons. The van der Waals surface area contributed by atoms with Crippen LogP contribution in [0.4, 0.5) is 18.3 Å². The van der Waals surface area contributed by atoms with Gasteiger partial charge in [-0.1, -0.05) is 5.16 Å². The van der Waals surface area contributed by atoms with Gasteiger partial charge < -0.3 is 19.1 Å². The molecule has 0 aliphatic heterocycles. The first-order valence-electron chi connectivity index (χ1n) is 8.42. The summed E-state index contributed by atoms with van der Waals surface area (Å²) in [6, 6.07) is 8.51. The maximum Gasteiger partial charge on any atom is 0.573 e. The molecule has 154 valence electrons. The molecule has 0 unspecified atom stereocenters. The molecule has 0 aliphatic carbocycles. The van der Waals surface area contributed by atoms with Crippen molar-refractivity contribution < 1.29 is 27.2 Å². The largest absolute Gasteiger partial charge is 0.573 e. The third kappa shape index (κ3) is 4.66. The molecular weight excluding hydrogens is 423 g/mol. The Labute approximate surface area is 170 Å². The number of thiazole rings is 1. The van der Waals surface area contributed by atoms with Crippen molar-refractivity contribution in [3.8, 4) is 28.7 Å². The number of aromatic nitrogens is 4. The first kappa shape index (κ1) is 19.6. The summed E-state index contributed by atoms with van der Waals surface area (Å²) in [6.45, 7) is 0.00308. The van der Waals surface area contributed by atoms with Gasteiger partial charge in [0.2, 0.25) is 11.7 Å². The molecule has 0 fully saturated rings. The van der Waals surface area contributed by atoms with E-state index in [0.29, 0.717) is 16.4 Å². The van der Waals surface area contributed by atoms with Crippen molar-refractivity contribution in [3.05, 3.63) is 54.2 Å². The number of benzene rings is 1. The third-order valence-corrected chi connectivity index (χ3v) is 4.50. The fourth-order valence-electron chi connectivity index (χ4n) is 2.60. The van der Waals surface area contributed by atoms with Crippen molar-refractivity contribution in [1.29, 1.82) is 0 Å². The fraction of sp³-hybridized carbons (Fsp3) is 0.111. The van der Waals surface area contributed by atoms with E-state index in [1.807, 2.05) is 0 Å². The van der Waals surface area contributed by atoms with Gasteiger partial charge in [-0.25, -0.2) is 4.98 Å². The summed E-state index contributed by atoms with van der Waals surface area (Å²) in [6.07, 6.45) is -1.49. The second kappa shape index (κ2) is 7.99. The van der Waals surface area contributed by atoms with E-state index >= 15 is 0 Å². The quantitative estimate of drug-likeness (QED) is 0.488. The number of nitrogens with zero attached hydrogens (tertiary/aromatic N) is 4. The molecule has 4 aromatic rings. The highest BCUT2D eigenvalue weighted by Gasteiger charge is 2.31. The van der Waals surface area contributed by atoms with Crippen molar-refractivity contribution in [3.63, 3.8) is 0 Å². The summed E-state index contributed by atoms with van der Waals surface area (Å²) < 4.78 is 47.5. The van der Waals surface area contributed by atoms with Crippen molar-refractivity contribution >= 4 is 22.4 Å². The Morgan fingerprint density at radius 2 is 2.03 bits per heavy atom. The van der Waals surface area contributed by atoms with Crippen molar-refractivity contribution in [2.45, 2.75) is 12.9 Å². The summed E-state index contributed by atoms with van der Waals surface area (Å²) in [7, 11) is 0. The van der Waals surface area contributed by atoms with Crippen LogP contribution in [0.1, 0.15) is 0 Å². The summed E-state index contributed by atoms with van der Waals surface area (Å²) in [5.74, 6) is -0.284. The number of carbonyl (C=O) groups excluding carboxylic acids is 1. The van der Waals surface area contributed by atoms with E-state index < -0.39 is 6.36 Å². The molecule has 8 nitrogen and oxygen atoms in total. The van der Waals surface area contributed by atoms with Crippen molar-refractivity contribution in [2.24, 2.45) is 0 Å². The van der Waals surface area contributed by atoms with Crippen molar-refractivity contribution in [1.82, 2.24) is 19.7 Å². The van der Waals surface area contributed by atoms with Crippen LogP contribution in [0, 0.1) is 0 Å². The Kier molecular flexibility index (Phi) is 5.23. The van der Waals surface area contributed by atoms with Crippen LogP contribution < -0.4 is 10.1 Å². The van der Waals surface area contributed by atoms with E-state index in [0.717, 1.165) is 12.1 Å². The maximum absolute atomic E-state index is 12.3. The fourth-order valence-corrected chi connectivity index (χ4v) is 3.14. The molecular formula is C18H12F3N5O3S. The SMILES string of the molecule is O=C(Cn1cccc1-c1nc(-c2ccc(OC(F)(F)F)cc2)no1)Nc1nccs1. The zero-order valence-corrected chi connectivity index (χ0v) is 15.8. The van der Waals surface area contributed by atoms with Gasteiger partial charge in [-0.15, -0.1) is 24.5 Å². The minimum absolute atomic E-state index is 0.00308. The molecule has 0 saturated heterocycles. The molecule has 3 aromatic heterocycles. The number of halogens is 3. The summed E-state index contributed by atoms with van der Waals surface area (Å²) >= 11 is 1.30. The van der Waals surface area contributed by atoms with Gasteiger partial charge in [-0.2, -0.15) is 4.98 Å². The Morgan fingerprint density at radius 3 is 2.73 bits per heavy atom. The lowest BCUT2D eigenvalue weighted by molar-refractivity contribution is -0.274. The van der Waals surface area contributed by atoms with E-state index in [1.165, 1.54) is 23.5 Å². The topological polar surface area (TPSA) is 95.1 Å². The Hall–Kier alpha value is -3.67. The van der Waals surface area contributed by atoms with E-state index in [2.05, 4.69) is 25.2 Å². The van der Waals surface area contributed by atoms with Gasteiger partial charge in [0, 0.05) is 23.3 Å². The smallest absolute Gasteiger partial charge is 0.406 e. The van der Waals surface area contributed by atoms with Gasteiger partial charge in [-0.3, -0.25) is 4.79 Å². The number of amides is 1. The molecule has 4 rings (SSSR count). The van der Waals surface area contributed by atoms with Crippen molar-refractivity contribution in [2.75, 3.05) is 5.32 Å². The Bertz CT molecular complexity index is 1140. The average molecular weight is 435 g/mol. The zero-order valence-electron chi connectivity index (χ0n) is 15.0. The van der Waals surface area contributed by atoms with E-state index in [4.69, 9.17) is 4.52 Å². The molecule has 0 aliphatic rings. The average Bonchev–Trinajstić information content (AvgIpc) is 3.42. The first-order valence-corrected chi connectivity index (χ1v) is 9.30. The molecule has 3 heterocycles. The summed E-state index contributed by atoms with van der Waals surface area (Å²) in [4.78, 5) is 20.5. The van der Waals surface area contributed by atoms with Crippen LogP contribution in [0.5, 0.6) is 5.75 Å². The number of nitrogens with one attached hydrogen (secondary N) is 1. The predicted molar refractivity (Wildman–Crippen MR) is 101 cm³/mol. The number of anilines is 1. The standard InChI is InChI=1S/C18H12F3N5O3S/c19-18(20,21)28-12-5-3-11(4-6-12)15-24-16(29-25-15)13-2-1-8-26(13)10-14(27)23-17-22-7-9-30-17/h1-9H,10H2,(H,22,23,27). The minimum Gasteiger partial charge on any atom is -0.406 e. The van der Waals surface area contributed by atoms with Gasteiger partial charge >= 0.3 is 6.36 Å². The highest BCUT2D eigenvalue weighted by atomic mass is 32.1. The van der Waals surface area contributed by atoms with Crippen LogP contribution in [0.15, 0.2) is 58.7 Å². The van der Waals surface area contributed by atoms with Crippen LogP contribution in [0.2, 0.25) is 0 Å². The molecule has 0 saturated carbocycles. The zero-order chi connectivity index (χ0) is 21.1. The summed E-state index contributed by atoms with van der Waals surface area (Å²) in [5.41, 5.74) is 0.958. The molecule has 12 heteroatoms. The van der Waals surface area contributed by atoms with E-state index in [-0.39, 0.29) is 29.9 Å². The molecule has 0 spiro atoms. The van der Waals surface area contributed by atoms with Crippen LogP contribution >= 0.6 is 11.3 Å². The van der Waals surface area contributed by atoms with Crippen LogP contribution in [-0.4, -0.2) is 32.0 Å². The van der Waals surface area contributed by atoms with Gasteiger partial charge in [0.25, 0.3) is 5.89 Å². The Balaban J connectivity index is 1.48. The second-order valence-electron chi connectivity index (χ2n) is 5.90. The minimum atomic E-state index is -4.77. The monoisotopic (exact) mass is 435 g/mol. The maximum atomic E-state index is 12.3. The highest BCUT2D eigenvalue weighted by molar-refractivity contribution is 7.13. The third-order valence-electron chi connectivity index (χ3n) is 3.81. The van der Waals surface area contributed by atoms with Crippen LogP contribution in [0.25, 0.3) is 23.0 Å². The molecule has 1 N–H and O–H groups in total. The highest BCUT2D eigenvalue weighted by Crippen LogP contribution is 2.27. The second-order valence-corrected chi connectivity index (χ2v) is 6.80. The number of alkyl halides is 3. The van der Waals surface area contributed by atoms with Gasteiger partial charge in [0.1, 0.15) is 18.0 Å². The van der Waals surface area contributed by atoms with Crippen LogP contribution in [0.3, 0.4) is 0 Å². The molecule has 0 bridgehead atoms. The van der Waals surface area contributed by atoms with Gasteiger partial charge in [0.15, 0.2) is 5.13 Å². The molecule has 0 atom stereocenters. The lowest BCUT2D eigenvalue weighted by atomic mass is 10.2. The normalized spacial score (nSPS) is 11.4. The number of rotatable bonds is 6. The van der Waals surface area contributed by atoms with E-state index in [1.54, 1.807) is 34.5 Å². The van der Waals surface area contributed by atoms with E-state index in [9.17, 15) is 18.0 Å². The molecule has 1 aromatic carbocycles. The van der Waals surface area contributed by atoms with Crippen LogP contribution in [-0.2, 0) is 11.3 Å². The molecule has 30 heavy (non-hydrogen) atoms. The number of hydrogen-bond acceptors (Lipinski definition) is 7. The first-order chi connectivity index (χ1) is 14.4. The molecule has 1 amide bonds. The number of hydrogen-bond donors (Lipinski definition) is 1. The predicted octanol–water partition coefficient (Wildman–Crippen LogP) is 4.20. The van der Waals surface area contributed by atoms with Gasteiger partial charge in [0.05, 0.1) is 0 Å². The van der Waals surface area contributed by atoms with Gasteiger partial charge in [-0.05, 0) is 36.4 Å². The summed E-state index contributed by atoms with van der Waals surface area (Å²) in [5, 5.41) is 8.78. The lowest BCUT2D eigenvalue weighted by Gasteiger charge is -2.08. The Morgan fingerprint density at radius 1 is 1.23 bits per heavy atom. The number of carbonyl (C=O) groups is 1. The number of ether oxygens (including phenoxy) is 1. The lowest BCUT2D eigenvalue weighted by Crippen LogP contribution is -2.18.